The summed E-state index contributed by atoms with van der Waals surface area (Å²) in [6, 6.07) is 9.07. The second kappa shape index (κ2) is 6.38. The van der Waals surface area contributed by atoms with Gasteiger partial charge < -0.3 is 10.6 Å². The Bertz CT molecular complexity index is 614. The van der Waals surface area contributed by atoms with E-state index >= 15 is 0 Å². The maximum Gasteiger partial charge on any atom is 0.171 e. The lowest BCUT2D eigenvalue weighted by Crippen LogP contribution is -2.28. The van der Waals surface area contributed by atoms with Gasteiger partial charge in [-0.1, -0.05) is 12.1 Å². The van der Waals surface area contributed by atoms with E-state index in [0.29, 0.717) is 6.54 Å². The van der Waals surface area contributed by atoms with Crippen molar-refractivity contribution in [3.05, 3.63) is 65.5 Å². The Labute approximate surface area is 119 Å². The second-order valence-electron chi connectivity index (χ2n) is 4.06. The zero-order valence-electron chi connectivity index (χ0n) is 10.3. The fourth-order valence-electron chi connectivity index (χ4n) is 1.54. The van der Waals surface area contributed by atoms with E-state index in [2.05, 4.69) is 10.6 Å². The van der Waals surface area contributed by atoms with Gasteiger partial charge in [0.1, 0.15) is 17.5 Å². The van der Waals surface area contributed by atoms with Crippen LogP contribution in [0.1, 0.15) is 5.56 Å². The third kappa shape index (κ3) is 3.96. The highest BCUT2D eigenvalue weighted by Gasteiger charge is 2.05. The van der Waals surface area contributed by atoms with E-state index in [1.54, 1.807) is 12.1 Å². The van der Waals surface area contributed by atoms with Gasteiger partial charge in [0.05, 0.1) is 5.69 Å². The van der Waals surface area contributed by atoms with Crippen molar-refractivity contribution < 1.29 is 13.2 Å². The number of rotatable bonds is 3. The summed E-state index contributed by atoms with van der Waals surface area (Å²) < 4.78 is 38.8. The molecule has 20 heavy (non-hydrogen) atoms. The molecular formula is C14H11F3N2S. The number of benzene rings is 2. The average molecular weight is 296 g/mol. The molecule has 2 N–H and O–H groups in total. The fourth-order valence-corrected chi connectivity index (χ4v) is 1.72. The van der Waals surface area contributed by atoms with E-state index in [9.17, 15) is 13.2 Å². The molecule has 0 heterocycles. The van der Waals surface area contributed by atoms with Crippen LogP contribution in [0.15, 0.2) is 42.5 Å². The maximum absolute atomic E-state index is 13.4. The highest BCUT2D eigenvalue weighted by molar-refractivity contribution is 7.80. The minimum atomic E-state index is -0.726. The molecular weight excluding hydrogens is 285 g/mol. The highest BCUT2D eigenvalue weighted by Crippen LogP contribution is 2.14. The first kappa shape index (κ1) is 14.3. The van der Waals surface area contributed by atoms with Crippen LogP contribution in [0.4, 0.5) is 18.9 Å². The SMILES string of the molecule is Fc1ccc(CNC(=S)Nc2ccc(F)cc2F)cc1. The van der Waals surface area contributed by atoms with E-state index in [-0.39, 0.29) is 16.6 Å². The van der Waals surface area contributed by atoms with Crippen LogP contribution < -0.4 is 10.6 Å². The minimum Gasteiger partial charge on any atom is -0.358 e. The molecule has 0 atom stereocenters. The summed E-state index contributed by atoms with van der Waals surface area (Å²) in [6.07, 6.45) is 0. The standard InChI is InChI=1S/C14H11F3N2S/c15-10-3-1-9(2-4-10)8-18-14(20)19-13-6-5-11(16)7-12(13)17/h1-7H,8H2,(H2,18,19,20). The number of anilines is 1. The van der Waals surface area contributed by atoms with E-state index in [0.717, 1.165) is 17.7 Å². The zero-order valence-corrected chi connectivity index (χ0v) is 11.1. The molecule has 0 fully saturated rings. The normalized spacial score (nSPS) is 10.2. The molecule has 2 nitrogen and oxygen atoms in total. The molecule has 104 valence electrons. The summed E-state index contributed by atoms with van der Waals surface area (Å²) >= 11 is 5.00. The van der Waals surface area contributed by atoms with Crippen molar-refractivity contribution in [1.29, 1.82) is 0 Å². The predicted octanol–water partition coefficient (Wildman–Crippen LogP) is 3.59. The Balaban J connectivity index is 1.90. The van der Waals surface area contributed by atoms with Crippen LogP contribution in [0.3, 0.4) is 0 Å². The molecule has 0 aliphatic carbocycles. The van der Waals surface area contributed by atoms with Crippen LogP contribution in [0.2, 0.25) is 0 Å². The summed E-state index contributed by atoms with van der Waals surface area (Å²) in [4.78, 5) is 0. The predicted molar refractivity (Wildman–Crippen MR) is 75.8 cm³/mol. The van der Waals surface area contributed by atoms with E-state index < -0.39 is 11.6 Å². The summed E-state index contributed by atoms with van der Waals surface area (Å²) in [6.45, 7) is 0.370. The van der Waals surface area contributed by atoms with Crippen LogP contribution in [0.5, 0.6) is 0 Å². The van der Waals surface area contributed by atoms with Crippen LogP contribution in [0, 0.1) is 17.5 Å². The molecule has 2 aromatic carbocycles. The number of hydrogen-bond donors (Lipinski definition) is 2. The Hall–Kier alpha value is -2.08. The first-order valence-electron chi connectivity index (χ1n) is 5.79. The van der Waals surface area contributed by atoms with Crippen molar-refractivity contribution in [2.45, 2.75) is 6.54 Å². The quantitative estimate of drug-likeness (QED) is 0.846. The Morgan fingerprint density at radius 2 is 1.60 bits per heavy atom. The maximum atomic E-state index is 13.4. The van der Waals surface area contributed by atoms with Crippen molar-refractivity contribution in [3.63, 3.8) is 0 Å². The van der Waals surface area contributed by atoms with Gasteiger partial charge in [0.25, 0.3) is 0 Å². The highest BCUT2D eigenvalue weighted by atomic mass is 32.1. The summed E-state index contributed by atoms with van der Waals surface area (Å²) in [5.74, 6) is -1.70. The topological polar surface area (TPSA) is 24.1 Å². The van der Waals surface area contributed by atoms with Gasteiger partial charge >= 0.3 is 0 Å². The van der Waals surface area contributed by atoms with Crippen molar-refractivity contribution in [3.8, 4) is 0 Å². The van der Waals surface area contributed by atoms with Gasteiger partial charge in [0.2, 0.25) is 0 Å². The first-order chi connectivity index (χ1) is 9.54. The Morgan fingerprint density at radius 1 is 0.950 bits per heavy atom. The van der Waals surface area contributed by atoms with Gasteiger partial charge in [-0.3, -0.25) is 0 Å². The van der Waals surface area contributed by atoms with Crippen LogP contribution in [0.25, 0.3) is 0 Å². The van der Waals surface area contributed by atoms with Crippen LogP contribution in [-0.2, 0) is 6.54 Å². The molecule has 0 bridgehead atoms. The first-order valence-corrected chi connectivity index (χ1v) is 6.20. The molecule has 0 unspecified atom stereocenters. The van der Waals surface area contributed by atoms with Gasteiger partial charge in [-0.15, -0.1) is 0 Å². The summed E-state index contributed by atoms with van der Waals surface area (Å²) in [5, 5.41) is 5.66. The average Bonchev–Trinajstić information content (AvgIpc) is 2.41. The molecule has 2 rings (SSSR count). The number of thiocarbonyl (C=S) groups is 1. The molecule has 0 spiro atoms. The monoisotopic (exact) mass is 296 g/mol. The van der Waals surface area contributed by atoms with Crippen molar-refractivity contribution in [2.75, 3.05) is 5.32 Å². The molecule has 0 aliphatic heterocycles. The molecule has 0 saturated carbocycles. The van der Waals surface area contributed by atoms with Gasteiger partial charge in [-0.05, 0) is 42.0 Å². The van der Waals surface area contributed by atoms with Gasteiger partial charge in [-0.2, -0.15) is 0 Å². The van der Waals surface area contributed by atoms with Crippen molar-refractivity contribution in [2.24, 2.45) is 0 Å². The smallest absolute Gasteiger partial charge is 0.171 e. The zero-order chi connectivity index (χ0) is 14.5. The third-order valence-corrected chi connectivity index (χ3v) is 2.79. The van der Waals surface area contributed by atoms with Crippen molar-refractivity contribution >= 4 is 23.0 Å². The van der Waals surface area contributed by atoms with Gasteiger partial charge in [-0.25, -0.2) is 13.2 Å². The molecule has 6 heteroatoms. The third-order valence-electron chi connectivity index (χ3n) is 2.55. The van der Waals surface area contributed by atoms with Crippen LogP contribution >= 0.6 is 12.2 Å². The minimum absolute atomic E-state index is 0.0861. The molecule has 0 aliphatic rings. The van der Waals surface area contributed by atoms with Gasteiger partial charge in [0, 0.05) is 12.6 Å². The summed E-state index contributed by atoms with van der Waals surface area (Å²) in [5.41, 5.74) is 0.915. The molecule has 0 saturated heterocycles. The Morgan fingerprint density at radius 3 is 2.25 bits per heavy atom. The number of halogens is 3. The second-order valence-corrected chi connectivity index (χ2v) is 4.47. The fraction of sp³-hybridized carbons (Fsp3) is 0.0714. The number of hydrogen-bond acceptors (Lipinski definition) is 1. The van der Waals surface area contributed by atoms with Gasteiger partial charge in [0.15, 0.2) is 5.11 Å². The lowest BCUT2D eigenvalue weighted by Gasteiger charge is -2.11. The molecule has 0 amide bonds. The Kier molecular flexibility index (Phi) is 4.57. The molecule has 0 radical (unpaired) electrons. The van der Waals surface area contributed by atoms with E-state index in [1.165, 1.54) is 18.2 Å². The lowest BCUT2D eigenvalue weighted by atomic mass is 10.2. The van der Waals surface area contributed by atoms with E-state index in [1.807, 2.05) is 0 Å². The van der Waals surface area contributed by atoms with E-state index in [4.69, 9.17) is 12.2 Å². The van der Waals surface area contributed by atoms with Crippen LogP contribution in [-0.4, -0.2) is 5.11 Å². The molecule has 2 aromatic rings. The van der Waals surface area contributed by atoms with Crippen molar-refractivity contribution in [1.82, 2.24) is 5.32 Å². The number of nitrogens with one attached hydrogen (secondary N) is 2. The summed E-state index contributed by atoms with van der Waals surface area (Å²) in [7, 11) is 0. The lowest BCUT2D eigenvalue weighted by molar-refractivity contribution is 0.586. The largest absolute Gasteiger partial charge is 0.358 e. The molecule has 0 aromatic heterocycles.